The van der Waals surface area contributed by atoms with Crippen LogP contribution in [-0.4, -0.2) is 27.4 Å². The second kappa shape index (κ2) is 7.59. The number of hydrogen-bond acceptors (Lipinski definition) is 3. The first-order chi connectivity index (χ1) is 10.6. The van der Waals surface area contributed by atoms with Gasteiger partial charge in [-0.05, 0) is 50.1 Å². The van der Waals surface area contributed by atoms with E-state index in [0.29, 0.717) is 19.4 Å². The summed E-state index contributed by atoms with van der Waals surface area (Å²) in [5, 5.41) is 9.60. The number of pyridine rings is 1. The summed E-state index contributed by atoms with van der Waals surface area (Å²) in [6.07, 6.45) is 2.82. The molecule has 2 rings (SSSR count). The quantitative estimate of drug-likeness (QED) is 0.890. The summed E-state index contributed by atoms with van der Waals surface area (Å²) in [5.74, 6) is 0.324. The molecule has 1 aromatic carbocycles. The molecule has 0 spiro atoms. The summed E-state index contributed by atoms with van der Waals surface area (Å²) in [7, 11) is 0. The molecule has 22 heavy (non-hydrogen) atoms. The van der Waals surface area contributed by atoms with Gasteiger partial charge < -0.3 is 10.0 Å². The molecule has 0 bridgehead atoms. The van der Waals surface area contributed by atoms with Gasteiger partial charge in [-0.25, -0.2) is 0 Å². The van der Waals surface area contributed by atoms with Crippen molar-refractivity contribution in [3.05, 3.63) is 59.9 Å². The van der Waals surface area contributed by atoms with Crippen LogP contribution in [0.25, 0.3) is 0 Å². The van der Waals surface area contributed by atoms with E-state index in [2.05, 4.69) is 4.98 Å². The molecule has 0 saturated heterocycles. The van der Waals surface area contributed by atoms with Gasteiger partial charge in [-0.15, -0.1) is 0 Å². The first kappa shape index (κ1) is 16.0. The zero-order chi connectivity index (χ0) is 15.9. The van der Waals surface area contributed by atoms with Gasteiger partial charge in [0.25, 0.3) is 0 Å². The molecular weight excluding hydrogens is 276 g/mol. The molecule has 0 saturated carbocycles. The Morgan fingerprint density at radius 1 is 1.27 bits per heavy atom. The van der Waals surface area contributed by atoms with Crippen LogP contribution in [0, 0.1) is 0 Å². The second-order valence-electron chi connectivity index (χ2n) is 5.27. The summed E-state index contributed by atoms with van der Waals surface area (Å²) in [6, 6.07) is 12.7. The largest absolute Gasteiger partial charge is 0.508 e. The minimum absolute atomic E-state index is 0.0617. The molecule has 0 aliphatic heterocycles. The zero-order valence-electron chi connectivity index (χ0n) is 13.1. The van der Waals surface area contributed by atoms with Crippen LogP contribution in [0.15, 0.2) is 48.7 Å². The van der Waals surface area contributed by atoms with Crippen molar-refractivity contribution >= 4 is 5.91 Å². The number of amides is 1. The normalized spacial score (nSPS) is 11.9. The first-order valence-electron chi connectivity index (χ1n) is 7.60. The van der Waals surface area contributed by atoms with Gasteiger partial charge in [0.15, 0.2) is 0 Å². The smallest absolute Gasteiger partial charge is 0.223 e. The minimum Gasteiger partial charge on any atom is -0.508 e. The fourth-order valence-corrected chi connectivity index (χ4v) is 2.56. The number of aromatic hydroxyl groups is 1. The Labute approximate surface area is 131 Å². The van der Waals surface area contributed by atoms with E-state index in [-0.39, 0.29) is 17.7 Å². The van der Waals surface area contributed by atoms with E-state index in [1.165, 1.54) is 0 Å². The van der Waals surface area contributed by atoms with Crippen LogP contribution in [0.4, 0.5) is 0 Å². The van der Waals surface area contributed by atoms with Crippen LogP contribution in [0.3, 0.4) is 0 Å². The molecule has 1 atom stereocenters. The molecule has 1 amide bonds. The highest BCUT2D eigenvalue weighted by atomic mass is 16.3. The Hall–Kier alpha value is -2.36. The summed E-state index contributed by atoms with van der Waals surface area (Å²) in [4.78, 5) is 18.6. The van der Waals surface area contributed by atoms with E-state index in [1.54, 1.807) is 24.4 Å². The molecule has 0 fully saturated rings. The van der Waals surface area contributed by atoms with E-state index in [1.807, 2.05) is 43.0 Å². The van der Waals surface area contributed by atoms with Crippen molar-refractivity contribution in [2.24, 2.45) is 0 Å². The van der Waals surface area contributed by atoms with Gasteiger partial charge in [-0.1, -0.05) is 18.2 Å². The number of phenolic OH excluding ortho intramolecular Hbond substituents is 1. The van der Waals surface area contributed by atoms with Crippen molar-refractivity contribution in [3.8, 4) is 5.75 Å². The molecule has 0 unspecified atom stereocenters. The van der Waals surface area contributed by atoms with Crippen LogP contribution in [-0.2, 0) is 11.2 Å². The van der Waals surface area contributed by atoms with E-state index < -0.39 is 0 Å². The second-order valence-corrected chi connectivity index (χ2v) is 5.27. The van der Waals surface area contributed by atoms with Gasteiger partial charge >= 0.3 is 0 Å². The van der Waals surface area contributed by atoms with E-state index in [0.717, 1.165) is 11.3 Å². The lowest BCUT2D eigenvalue weighted by molar-refractivity contribution is -0.133. The van der Waals surface area contributed by atoms with Crippen molar-refractivity contribution in [2.45, 2.75) is 32.7 Å². The number of hydrogen-bond donors (Lipinski definition) is 1. The molecule has 0 aliphatic carbocycles. The Kier molecular flexibility index (Phi) is 5.53. The summed E-state index contributed by atoms with van der Waals surface area (Å²) in [5.41, 5.74) is 1.87. The Morgan fingerprint density at radius 3 is 2.73 bits per heavy atom. The van der Waals surface area contributed by atoms with E-state index in [4.69, 9.17) is 0 Å². The monoisotopic (exact) mass is 298 g/mol. The van der Waals surface area contributed by atoms with E-state index in [9.17, 15) is 9.90 Å². The van der Waals surface area contributed by atoms with Crippen molar-refractivity contribution in [1.29, 1.82) is 0 Å². The molecule has 1 aromatic heterocycles. The van der Waals surface area contributed by atoms with Crippen LogP contribution in [0.1, 0.15) is 37.6 Å². The lowest BCUT2D eigenvalue weighted by Gasteiger charge is -2.28. The highest BCUT2D eigenvalue weighted by molar-refractivity contribution is 5.77. The summed E-state index contributed by atoms with van der Waals surface area (Å²) < 4.78 is 0. The van der Waals surface area contributed by atoms with E-state index >= 15 is 0 Å². The predicted octanol–water partition coefficient (Wildman–Crippen LogP) is 3.33. The standard InChI is InChI=1S/C18H22N2O2/c1-3-20(14(2)15-7-6-9-17(21)13-15)18(22)11-10-16-8-4-5-12-19-16/h4-9,12-14,21H,3,10-11H2,1-2H3/t14-/m1/s1. The number of carbonyl (C=O) groups is 1. The number of carbonyl (C=O) groups excluding carboxylic acids is 1. The molecule has 116 valence electrons. The lowest BCUT2D eigenvalue weighted by Crippen LogP contribution is -2.33. The minimum atomic E-state index is -0.0617. The highest BCUT2D eigenvalue weighted by Crippen LogP contribution is 2.24. The van der Waals surface area contributed by atoms with Crippen molar-refractivity contribution < 1.29 is 9.90 Å². The predicted molar refractivity (Wildman–Crippen MR) is 86.5 cm³/mol. The molecule has 4 heteroatoms. The third kappa shape index (κ3) is 4.07. The molecule has 4 nitrogen and oxygen atoms in total. The third-order valence-electron chi connectivity index (χ3n) is 3.80. The van der Waals surface area contributed by atoms with Gasteiger partial charge in [0.05, 0.1) is 6.04 Å². The molecule has 0 aliphatic rings. The number of benzene rings is 1. The maximum atomic E-state index is 12.5. The van der Waals surface area contributed by atoms with Gasteiger partial charge in [0.1, 0.15) is 5.75 Å². The van der Waals surface area contributed by atoms with Crippen molar-refractivity contribution in [2.75, 3.05) is 6.54 Å². The topological polar surface area (TPSA) is 53.4 Å². The molecule has 1 heterocycles. The SMILES string of the molecule is CCN(C(=O)CCc1ccccn1)[C@H](C)c1cccc(O)c1. The number of rotatable bonds is 6. The summed E-state index contributed by atoms with van der Waals surface area (Å²) >= 11 is 0. The maximum absolute atomic E-state index is 12.5. The van der Waals surface area contributed by atoms with Crippen LogP contribution < -0.4 is 0 Å². The van der Waals surface area contributed by atoms with Gasteiger partial charge in [-0.3, -0.25) is 9.78 Å². The van der Waals surface area contributed by atoms with Gasteiger partial charge in [-0.2, -0.15) is 0 Å². The molecule has 1 N–H and O–H groups in total. The fourth-order valence-electron chi connectivity index (χ4n) is 2.56. The van der Waals surface area contributed by atoms with Crippen molar-refractivity contribution in [1.82, 2.24) is 9.88 Å². The number of aryl methyl sites for hydroxylation is 1. The molecule has 0 radical (unpaired) electrons. The van der Waals surface area contributed by atoms with Gasteiger partial charge in [0, 0.05) is 24.9 Å². The molecule has 2 aromatic rings. The Balaban J connectivity index is 2.02. The van der Waals surface area contributed by atoms with Crippen LogP contribution in [0.5, 0.6) is 5.75 Å². The van der Waals surface area contributed by atoms with Gasteiger partial charge in [0.2, 0.25) is 5.91 Å². The maximum Gasteiger partial charge on any atom is 0.223 e. The third-order valence-corrected chi connectivity index (χ3v) is 3.80. The number of aromatic nitrogens is 1. The fraction of sp³-hybridized carbons (Fsp3) is 0.333. The Bertz CT molecular complexity index is 613. The zero-order valence-corrected chi connectivity index (χ0v) is 13.1. The number of phenols is 1. The summed E-state index contributed by atoms with van der Waals surface area (Å²) in [6.45, 7) is 4.59. The highest BCUT2D eigenvalue weighted by Gasteiger charge is 2.20. The van der Waals surface area contributed by atoms with Crippen molar-refractivity contribution in [3.63, 3.8) is 0 Å². The average Bonchev–Trinajstić information content (AvgIpc) is 2.54. The van der Waals surface area contributed by atoms with Crippen LogP contribution >= 0.6 is 0 Å². The Morgan fingerprint density at radius 2 is 2.09 bits per heavy atom. The molecular formula is C18H22N2O2. The number of nitrogens with zero attached hydrogens (tertiary/aromatic N) is 2. The van der Waals surface area contributed by atoms with Crippen LogP contribution in [0.2, 0.25) is 0 Å². The lowest BCUT2D eigenvalue weighted by atomic mass is 10.1. The first-order valence-corrected chi connectivity index (χ1v) is 7.60. The average molecular weight is 298 g/mol.